The third-order valence-corrected chi connectivity index (χ3v) is 3.14. The lowest BCUT2D eigenvalue weighted by Gasteiger charge is -2.39. The van der Waals surface area contributed by atoms with Gasteiger partial charge in [-0.1, -0.05) is 0 Å². The number of rotatable bonds is 3. The minimum absolute atomic E-state index is 0.329. The van der Waals surface area contributed by atoms with Gasteiger partial charge in [0.05, 0.1) is 0 Å². The molecule has 14 heavy (non-hydrogen) atoms. The predicted octanol–water partition coefficient (Wildman–Crippen LogP) is 0.960. The molecule has 0 aromatic rings. The molecule has 0 saturated carbocycles. The van der Waals surface area contributed by atoms with Gasteiger partial charge in [-0.3, -0.25) is 9.69 Å². The molecular formula is C10H19NO3. The van der Waals surface area contributed by atoms with E-state index in [2.05, 4.69) is 0 Å². The van der Waals surface area contributed by atoms with E-state index in [0.717, 1.165) is 26.1 Å². The van der Waals surface area contributed by atoms with Gasteiger partial charge < -0.3 is 9.84 Å². The first kappa shape index (κ1) is 11.5. The molecule has 1 heterocycles. The van der Waals surface area contributed by atoms with E-state index >= 15 is 0 Å². The minimum Gasteiger partial charge on any atom is -0.480 e. The minimum atomic E-state index is -0.790. The number of aliphatic carboxylic acids is 1. The molecule has 0 bridgehead atoms. The smallest absolute Gasteiger partial charge is 0.323 e. The highest BCUT2D eigenvalue weighted by Crippen LogP contribution is 2.21. The SMILES string of the molecule is CN(C1CCOCC1)C(C)(C)C(=O)O. The van der Waals surface area contributed by atoms with Gasteiger partial charge in [0, 0.05) is 19.3 Å². The number of carboxylic acids is 1. The van der Waals surface area contributed by atoms with Crippen molar-refractivity contribution >= 4 is 5.97 Å². The van der Waals surface area contributed by atoms with E-state index in [1.54, 1.807) is 13.8 Å². The maximum absolute atomic E-state index is 11.0. The van der Waals surface area contributed by atoms with E-state index in [1.165, 1.54) is 0 Å². The van der Waals surface area contributed by atoms with Gasteiger partial charge in [0.15, 0.2) is 0 Å². The Morgan fingerprint density at radius 1 is 1.43 bits per heavy atom. The molecule has 1 rings (SSSR count). The topological polar surface area (TPSA) is 49.8 Å². The zero-order chi connectivity index (χ0) is 10.8. The standard InChI is InChI=1S/C10H19NO3/c1-10(2,9(12)13)11(3)8-4-6-14-7-5-8/h8H,4-7H2,1-3H3,(H,12,13). The fourth-order valence-corrected chi connectivity index (χ4v) is 1.68. The number of likely N-dealkylation sites (N-methyl/N-ethyl adjacent to an activating group) is 1. The average molecular weight is 201 g/mol. The Kier molecular flexibility index (Phi) is 3.50. The summed E-state index contributed by atoms with van der Waals surface area (Å²) >= 11 is 0. The predicted molar refractivity (Wildman–Crippen MR) is 53.3 cm³/mol. The number of hydrogen-bond acceptors (Lipinski definition) is 3. The number of hydrogen-bond donors (Lipinski definition) is 1. The molecule has 0 unspecified atom stereocenters. The zero-order valence-electron chi connectivity index (χ0n) is 9.12. The average Bonchev–Trinajstić information content (AvgIpc) is 2.17. The quantitative estimate of drug-likeness (QED) is 0.739. The number of carboxylic acid groups (broad SMARTS) is 1. The van der Waals surface area contributed by atoms with Crippen LogP contribution in [0.2, 0.25) is 0 Å². The largest absolute Gasteiger partial charge is 0.480 e. The molecule has 0 amide bonds. The summed E-state index contributed by atoms with van der Waals surface area (Å²) < 4.78 is 5.25. The van der Waals surface area contributed by atoms with Crippen LogP contribution in [0.25, 0.3) is 0 Å². The monoisotopic (exact) mass is 201 g/mol. The molecule has 0 radical (unpaired) electrons. The highest BCUT2D eigenvalue weighted by Gasteiger charge is 2.36. The normalized spacial score (nSPS) is 20.0. The van der Waals surface area contributed by atoms with E-state index in [1.807, 2.05) is 11.9 Å². The van der Waals surface area contributed by atoms with Crippen molar-refractivity contribution < 1.29 is 14.6 Å². The van der Waals surface area contributed by atoms with Crippen LogP contribution in [0.1, 0.15) is 26.7 Å². The number of nitrogens with zero attached hydrogens (tertiary/aromatic N) is 1. The Morgan fingerprint density at radius 3 is 2.36 bits per heavy atom. The molecular weight excluding hydrogens is 182 g/mol. The van der Waals surface area contributed by atoms with Crippen molar-refractivity contribution in [2.24, 2.45) is 0 Å². The molecule has 1 aliphatic rings. The van der Waals surface area contributed by atoms with Crippen LogP contribution in [0, 0.1) is 0 Å². The van der Waals surface area contributed by atoms with E-state index in [4.69, 9.17) is 9.84 Å². The second kappa shape index (κ2) is 4.28. The molecule has 1 aliphatic heterocycles. The Hall–Kier alpha value is -0.610. The van der Waals surface area contributed by atoms with Crippen LogP contribution in [0.15, 0.2) is 0 Å². The fourth-order valence-electron chi connectivity index (χ4n) is 1.68. The summed E-state index contributed by atoms with van der Waals surface area (Å²) in [4.78, 5) is 13.0. The molecule has 0 aliphatic carbocycles. The van der Waals surface area contributed by atoms with Crippen molar-refractivity contribution in [3.05, 3.63) is 0 Å². The van der Waals surface area contributed by atoms with Gasteiger partial charge in [-0.25, -0.2) is 0 Å². The molecule has 1 N–H and O–H groups in total. The summed E-state index contributed by atoms with van der Waals surface area (Å²) in [5, 5.41) is 9.07. The van der Waals surface area contributed by atoms with E-state index < -0.39 is 11.5 Å². The molecule has 0 atom stereocenters. The van der Waals surface area contributed by atoms with Gasteiger partial charge in [-0.2, -0.15) is 0 Å². The Labute approximate surface area is 84.8 Å². The van der Waals surface area contributed by atoms with Gasteiger partial charge >= 0.3 is 5.97 Å². The maximum Gasteiger partial charge on any atom is 0.323 e. The van der Waals surface area contributed by atoms with Crippen molar-refractivity contribution in [3.8, 4) is 0 Å². The summed E-state index contributed by atoms with van der Waals surface area (Å²) in [6, 6.07) is 0.329. The van der Waals surface area contributed by atoms with Gasteiger partial charge in [0.25, 0.3) is 0 Å². The first-order chi connectivity index (χ1) is 6.46. The molecule has 0 aromatic heterocycles. The van der Waals surface area contributed by atoms with Crippen LogP contribution >= 0.6 is 0 Å². The van der Waals surface area contributed by atoms with Crippen LogP contribution in [-0.2, 0) is 9.53 Å². The summed E-state index contributed by atoms with van der Waals surface area (Å²) in [6.45, 7) is 4.96. The summed E-state index contributed by atoms with van der Waals surface area (Å²) in [6.07, 6.45) is 1.85. The van der Waals surface area contributed by atoms with Crippen molar-refractivity contribution in [2.45, 2.75) is 38.3 Å². The summed E-state index contributed by atoms with van der Waals surface area (Å²) in [7, 11) is 1.88. The molecule has 82 valence electrons. The first-order valence-electron chi connectivity index (χ1n) is 5.00. The molecule has 4 heteroatoms. The molecule has 4 nitrogen and oxygen atoms in total. The van der Waals surface area contributed by atoms with Gasteiger partial charge in [-0.15, -0.1) is 0 Å². The highest BCUT2D eigenvalue weighted by molar-refractivity contribution is 5.77. The van der Waals surface area contributed by atoms with Crippen molar-refractivity contribution in [1.29, 1.82) is 0 Å². The van der Waals surface area contributed by atoms with Crippen molar-refractivity contribution in [3.63, 3.8) is 0 Å². The Bertz CT molecular complexity index is 209. The van der Waals surface area contributed by atoms with Gasteiger partial charge in [0.2, 0.25) is 0 Å². The van der Waals surface area contributed by atoms with E-state index in [9.17, 15) is 4.79 Å². The Morgan fingerprint density at radius 2 is 1.93 bits per heavy atom. The number of carbonyl (C=O) groups is 1. The number of ether oxygens (including phenoxy) is 1. The zero-order valence-corrected chi connectivity index (χ0v) is 9.12. The van der Waals surface area contributed by atoms with Gasteiger partial charge in [-0.05, 0) is 33.7 Å². The second-order valence-corrected chi connectivity index (χ2v) is 4.32. The lowest BCUT2D eigenvalue weighted by atomic mass is 9.98. The van der Waals surface area contributed by atoms with Crippen LogP contribution in [0.5, 0.6) is 0 Å². The molecule has 0 spiro atoms. The summed E-state index contributed by atoms with van der Waals surface area (Å²) in [5.74, 6) is -0.772. The van der Waals surface area contributed by atoms with Crippen LogP contribution in [0.4, 0.5) is 0 Å². The fraction of sp³-hybridized carbons (Fsp3) is 0.900. The highest BCUT2D eigenvalue weighted by atomic mass is 16.5. The lowest BCUT2D eigenvalue weighted by molar-refractivity contribution is -0.151. The van der Waals surface area contributed by atoms with Crippen molar-refractivity contribution in [1.82, 2.24) is 4.90 Å². The lowest BCUT2D eigenvalue weighted by Crippen LogP contribution is -2.53. The third-order valence-electron chi connectivity index (χ3n) is 3.14. The van der Waals surface area contributed by atoms with Crippen LogP contribution < -0.4 is 0 Å². The molecule has 1 fully saturated rings. The van der Waals surface area contributed by atoms with E-state index in [-0.39, 0.29) is 0 Å². The van der Waals surface area contributed by atoms with E-state index in [0.29, 0.717) is 6.04 Å². The molecule has 1 saturated heterocycles. The van der Waals surface area contributed by atoms with Crippen LogP contribution in [0.3, 0.4) is 0 Å². The maximum atomic E-state index is 11.0. The molecule has 0 aromatic carbocycles. The first-order valence-corrected chi connectivity index (χ1v) is 5.00. The van der Waals surface area contributed by atoms with Gasteiger partial charge in [0.1, 0.15) is 5.54 Å². The summed E-state index contributed by atoms with van der Waals surface area (Å²) in [5.41, 5.74) is -0.790. The Balaban J connectivity index is 2.62. The van der Waals surface area contributed by atoms with Crippen molar-refractivity contribution in [2.75, 3.05) is 20.3 Å². The van der Waals surface area contributed by atoms with Crippen LogP contribution in [-0.4, -0.2) is 47.8 Å². The second-order valence-electron chi connectivity index (χ2n) is 4.32. The third kappa shape index (κ3) is 2.25.